The first-order valence-electron chi connectivity index (χ1n) is 7.83. The first-order valence-corrected chi connectivity index (χ1v) is 7.83. The zero-order valence-electron chi connectivity index (χ0n) is 13.3. The molecule has 2 N–H and O–H groups in total. The molecule has 5 nitrogen and oxygen atoms in total. The molecule has 0 atom stereocenters. The monoisotopic (exact) mass is 290 g/mol. The van der Waals surface area contributed by atoms with E-state index in [1.165, 1.54) is 0 Å². The van der Waals surface area contributed by atoms with Crippen LogP contribution in [0.2, 0.25) is 0 Å². The van der Waals surface area contributed by atoms with Gasteiger partial charge < -0.3 is 15.5 Å². The molecule has 0 radical (unpaired) electrons. The predicted octanol–water partition coefficient (Wildman–Crippen LogP) is 2.06. The maximum absolute atomic E-state index is 12.4. The summed E-state index contributed by atoms with van der Waals surface area (Å²) in [4.78, 5) is 21.1. The number of nitrogens with two attached hydrogens (primary N) is 1. The Morgan fingerprint density at radius 2 is 1.86 bits per heavy atom. The van der Waals surface area contributed by atoms with Crippen LogP contribution < -0.4 is 10.6 Å². The normalized spacial score (nSPS) is 15.6. The predicted molar refractivity (Wildman–Crippen MR) is 86.3 cm³/mol. The van der Waals surface area contributed by atoms with Gasteiger partial charge in [-0.05, 0) is 31.9 Å². The fourth-order valence-corrected chi connectivity index (χ4v) is 2.84. The van der Waals surface area contributed by atoms with Gasteiger partial charge in [-0.15, -0.1) is 0 Å². The maximum atomic E-state index is 12.4. The molecule has 0 spiro atoms. The lowest BCUT2D eigenvalue weighted by atomic mass is 10.0. The number of aromatic nitrogens is 1. The summed E-state index contributed by atoms with van der Waals surface area (Å²) in [6.45, 7) is 9.24. The van der Waals surface area contributed by atoms with Gasteiger partial charge in [0.2, 0.25) is 5.91 Å². The third kappa shape index (κ3) is 3.46. The number of piperazine rings is 1. The molecule has 1 aromatic rings. The van der Waals surface area contributed by atoms with Gasteiger partial charge in [0, 0.05) is 37.8 Å². The molecule has 1 fully saturated rings. The molecule has 2 heterocycles. The zero-order valence-corrected chi connectivity index (χ0v) is 13.3. The summed E-state index contributed by atoms with van der Waals surface area (Å²) in [7, 11) is 0. The van der Waals surface area contributed by atoms with Crippen LogP contribution in [-0.4, -0.2) is 42.0 Å². The van der Waals surface area contributed by atoms with Gasteiger partial charge >= 0.3 is 0 Å². The van der Waals surface area contributed by atoms with E-state index in [0.29, 0.717) is 11.6 Å². The number of nitrogens with zero attached hydrogens (tertiary/aromatic N) is 3. The molecule has 2 rings (SSSR count). The highest BCUT2D eigenvalue weighted by atomic mass is 16.2. The lowest BCUT2D eigenvalue weighted by Gasteiger charge is -2.37. The van der Waals surface area contributed by atoms with E-state index in [1.54, 1.807) is 0 Å². The first kappa shape index (κ1) is 15.6. The topological polar surface area (TPSA) is 62.5 Å². The summed E-state index contributed by atoms with van der Waals surface area (Å²) in [6.07, 6.45) is 1.84. The van der Waals surface area contributed by atoms with Crippen LogP contribution in [0.1, 0.15) is 32.4 Å². The van der Waals surface area contributed by atoms with Crippen LogP contribution >= 0.6 is 0 Å². The summed E-state index contributed by atoms with van der Waals surface area (Å²) >= 11 is 0. The fourth-order valence-electron chi connectivity index (χ4n) is 2.84. The number of carbonyl (C=O) groups is 1. The van der Waals surface area contributed by atoms with E-state index in [4.69, 9.17) is 5.73 Å². The van der Waals surface area contributed by atoms with Crippen molar-refractivity contribution in [1.29, 1.82) is 0 Å². The lowest BCUT2D eigenvalue weighted by molar-refractivity contribution is -0.136. The van der Waals surface area contributed by atoms with Crippen molar-refractivity contribution < 1.29 is 4.79 Å². The van der Waals surface area contributed by atoms with E-state index in [9.17, 15) is 4.79 Å². The Kier molecular flexibility index (Phi) is 5.04. The number of hydrogen-bond donors (Lipinski definition) is 1. The number of rotatable bonds is 4. The van der Waals surface area contributed by atoms with Gasteiger partial charge in [-0.3, -0.25) is 4.79 Å². The smallest absolute Gasteiger partial charge is 0.225 e. The molecule has 0 saturated carbocycles. The van der Waals surface area contributed by atoms with Crippen LogP contribution in [0.25, 0.3) is 0 Å². The quantitative estimate of drug-likeness (QED) is 0.922. The number of nitrogen functional groups attached to an aromatic ring is 1. The van der Waals surface area contributed by atoms with Crippen LogP contribution in [0.15, 0.2) is 12.1 Å². The molecule has 1 aromatic heterocycles. The molecule has 21 heavy (non-hydrogen) atoms. The zero-order chi connectivity index (χ0) is 15.4. The van der Waals surface area contributed by atoms with Gasteiger partial charge in [0.15, 0.2) is 5.82 Å². The Morgan fingerprint density at radius 1 is 1.24 bits per heavy atom. The molecule has 0 aromatic carbocycles. The summed E-state index contributed by atoms with van der Waals surface area (Å²) in [6, 6.07) is 3.82. The van der Waals surface area contributed by atoms with Gasteiger partial charge in [0.1, 0.15) is 0 Å². The number of pyridine rings is 1. The molecule has 1 aliphatic heterocycles. The van der Waals surface area contributed by atoms with E-state index in [1.807, 2.05) is 24.0 Å². The van der Waals surface area contributed by atoms with Crippen LogP contribution in [-0.2, 0) is 4.79 Å². The standard InChI is InChI=1S/C16H26N4O/c1-4-13(5-2)16(21)20-10-8-19(9-11-20)15-14(17)7-6-12(3)18-15/h6-7,13H,4-5,8-11,17H2,1-3H3. The van der Waals surface area contributed by atoms with Crippen molar-refractivity contribution >= 4 is 17.4 Å². The maximum Gasteiger partial charge on any atom is 0.225 e. The van der Waals surface area contributed by atoms with Crippen molar-refractivity contribution in [2.24, 2.45) is 5.92 Å². The Morgan fingerprint density at radius 3 is 2.43 bits per heavy atom. The Bertz CT molecular complexity index is 491. The van der Waals surface area contributed by atoms with Crippen molar-refractivity contribution in [3.63, 3.8) is 0 Å². The highest BCUT2D eigenvalue weighted by molar-refractivity contribution is 5.79. The highest BCUT2D eigenvalue weighted by Gasteiger charge is 2.26. The van der Waals surface area contributed by atoms with Crippen LogP contribution in [0.4, 0.5) is 11.5 Å². The van der Waals surface area contributed by atoms with Crippen molar-refractivity contribution in [2.75, 3.05) is 36.8 Å². The van der Waals surface area contributed by atoms with Crippen LogP contribution in [0.5, 0.6) is 0 Å². The van der Waals surface area contributed by atoms with Gasteiger partial charge in [0.05, 0.1) is 5.69 Å². The first-order chi connectivity index (χ1) is 10.1. The fraction of sp³-hybridized carbons (Fsp3) is 0.625. The largest absolute Gasteiger partial charge is 0.396 e. The molecule has 5 heteroatoms. The van der Waals surface area contributed by atoms with Gasteiger partial charge in [-0.2, -0.15) is 0 Å². The minimum atomic E-state index is 0.165. The third-order valence-corrected chi connectivity index (χ3v) is 4.27. The lowest BCUT2D eigenvalue weighted by Crippen LogP contribution is -2.50. The molecule has 0 aliphatic carbocycles. The number of carbonyl (C=O) groups excluding carboxylic acids is 1. The third-order valence-electron chi connectivity index (χ3n) is 4.27. The molecule has 1 aliphatic rings. The Balaban J connectivity index is 2.00. The molecule has 1 amide bonds. The van der Waals surface area contributed by atoms with E-state index in [2.05, 4.69) is 23.7 Å². The van der Waals surface area contributed by atoms with E-state index < -0.39 is 0 Å². The number of anilines is 2. The number of amides is 1. The van der Waals surface area contributed by atoms with Crippen molar-refractivity contribution in [3.8, 4) is 0 Å². The average molecular weight is 290 g/mol. The highest BCUT2D eigenvalue weighted by Crippen LogP contribution is 2.23. The molecule has 1 saturated heterocycles. The van der Waals surface area contributed by atoms with Gasteiger partial charge in [0.25, 0.3) is 0 Å². The average Bonchev–Trinajstić information content (AvgIpc) is 2.51. The van der Waals surface area contributed by atoms with Crippen molar-refractivity contribution in [3.05, 3.63) is 17.8 Å². The van der Waals surface area contributed by atoms with E-state index >= 15 is 0 Å². The Labute approximate surface area is 127 Å². The van der Waals surface area contributed by atoms with Crippen LogP contribution in [0.3, 0.4) is 0 Å². The number of aryl methyl sites for hydroxylation is 1. The summed E-state index contributed by atoms with van der Waals surface area (Å²) in [5.74, 6) is 1.31. The second-order valence-corrected chi connectivity index (χ2v) is 5.69. The van der Waals surface area contributed by atoms with E-state index in [0.717, 1.165) is 50.5 Å². The van der Waals surface area contributed by atoms with Gasteiger partial charge in [-0.25, -0.2) is 4.98 Å². The Hall–Kier alpha value is -1.78. The minimum absolute atomic E-state index is 0.165. The summed E-state index contributed by atoms with van der Waals surface area (Å²) < 4.78 is 0. The van der Waals surface area contributed by atoms with Gasteiger partial charge in [-0.1, -0.05) is 13.8 Å². The second kappa shape index (κ2) is 6.78. The molecule has 0 bridgehead atoms. The summed E-state index contributed by atoms with van der Waals surface area (Å²) in [5, 5.41) is 0. The number of hydrogen-bond acceptors (Lipinski definition) is 4. The molecule has 0 unspecified atom stereocenters. The summed E-state index contributed by atoms with van der Waals surface area (Å²) in [5.41, 5.74) is 7.70. The SMILES string of the molecule is CCC(CC)C(=O)N1CCN(c2nc(C)ccc2N)CC1. The molecular formula is C16H26N4O. The molecular weight excluding hydrogens is 264 g/mol. The van der Waals surface area contributed by atoms with Crippen LogP contribution in [0, 0.1) is 12.8 Å². The molecule has 116 valence electrons. The van der Waals surface area contributed by atoms with Crippen molar-refractivity contribution in [1.82, 2.24) is 9.88 Å². The minimum Gasteiger partial charge on any atom is -0.396 e. The van der Waals surface area contributed by atoms with Crippen molar-refractivity contribution in [2.45, 2.75) is 33.6 Å². The second-order valence-electron chi connectivity index (χ2n) is 5.69. The van der Waals surface area contributed by atoms with E-state index in [-0.39, 0.29) is 5.92 Å².